The third kappa shape index (κ3) is 4.31. The van der Waals surface area contributed by atoms with Crippen molar-refractivity contribution in [1.29, 1.82) is 0 Å². The molecule has 3 aromatic rings. The summed E-state index contributed by atoms with van der Waals surface area (Å²) in [4.78, 5) is 21.0. The number of aromatic amines is 1. The van der Waals surface area contributed by atoms with E-state index >= 15 is 0 Å². The molecule has 2 bridgehead atoms. The molecule has 0 saturated heterocycles. The summed E-state index contributed by atoms with van der Waals surface area (Å²) < 4.78 is 28.5. The van der Waals surface area contributed by atoms with Crippen LogP contribution in [0.1, 0.15) is 32.8 Å². The molecule has 3 N–H and O–H groups in total. The molecule has 0 unspecified atom stereocenters. The molecule has 10 heteroatoms. The van der Waals surface area contributed by atoms with E-state index in [0.29, 0.717) is 41.5 Å². The molecular formula is C24H26FIN5O3-. The second kappa shape index (κ2) is 9.79. The Kier molecular flexibility index (Phi) is 6.59. The molecule has 0 fully saturated rings. The van der Waals surface area contributed by atoms with Crippen LogP contribution in [0.4, 0.5) is 15.8 Å². The number of fused-ring (bicyclic) bond motifs is 3. The Bertz CT molecular complexity index is 1220. The Labute approximate surface area is 207 Å². The zero-order valence-electron chi connectivity index (χ0n) is 19.0. The van der Waals surface area contributed by atoms with Gasteiger partial charge in [-0.1, -0.05) is 0 Å². The Balaban J connectivity index is 1.71. The normalized spacial score (nSPS) is 18.7. The van der Waals surface area contributed by atoms with Crippen molar-refractivity contribution in [2.24, 2.45) is 0 Å². The van der Waals surface area contributed by atoms with Crippen LogP contribution in [0, 0.1) is 5.82 Å². The number of nitrogens with zero attached hydrogens (tertiary/aromatic N) is 2. The van der Waals surface area contributed by atoms with Crippen LogP contribution in [0.5, 0.6) is 11.5 Å². The number of para-hydroxylation sites is 1. The number of aromatic nitrogens is 2. The molecule has 0 saturated carbocycles. The first-order chi connectivity index (χ1) is 16.6. The van der Waals surface area contributed by atoms with Crippen molar-refractivity contribution in [2.45, 2.75) is 16.8 Å². The summed E-state index contributed by atoms with van der Waals surface area (Å²) in [6.45, 7) is 2.15. The van der Waals surface area contributed by atoms with Crippen LogP contribution < -0.4 is 41.6 Å². The monoisotopic (exact) mass is 578 g/mol. The second-order valence-electron chi connectivity index (χ2n) is 8.14. The fraction of sp³-hybridized carbons (Fsp3) is 0.333. The number of pyridine rings is 1. The summed E-state index contributed by atoms with van der Waals surface area (Å²) in [6.07, 6.45) is 5.37. The van der Waals surface area contributed by atoms with Gasteiger partial charge in [-0.05, 0) is 0 Å². The summed E-state index contributed by atoms with van der Waals surface area (Å²) >= 11 is -0.392. The molecule has 5 rings (SSSR count). The van der Waals surface area contributed by atoms with Crippen LogP contribution in [0.25, 0.3) is 11.3 Å². The second-order valence-corrected chi connectivity index (χ2v) is 11.8. The summed E-state index contributed by atoms with van der Waals surface area (Å²) in [5.74, 6) is 0.0730. The molecule has 2 aliphatic heterocycles. The molecule has 2 aliphatic rings. The number of hydrogen-bond donors (Lipinski definition) is 3. The van der Waals surface area contributed by atoms with Gasteiger partial charge in [0, 0.05) is 0 Å². The predicted octanol–water partition coefficient (Wildman–Crippen LogP) is 0.861. The van der Waals surface area contributed by atoms with Gasteiger partial charge in [0.15, 0.2) is 0 Å². The van der Waals surface area contributed by atoms with Crippen molar-refractivity contribution in [1.82, 2.24) is 18.4 Å². The molecule has 1 atom stereocenters. The van der Waals surface area contributed by atoms with Crippen molar-refractivity contribution < 1.29 is 40.1 Å². The number of methoxy groups -OCH3 is 1. The van der Waals surface area contributed by atoms with Gasteiger partial charge in [0.05, 0.1) is 0 Å². The number of H-pyrrole nitrogens is 1. The van der Waals surface area contributed by atoms with Gasteiger partial charge in [-0.15, -0.1) is 0 Å². The third-order valence-electron chi connectivity index (χ3n) is 5.90. The number of alkyl halides is 1. The van der Waals surface area contributed by atoms with Crippen molar-refractivity contribution in [2.75, 3.05) is 39.2 Å². The number of carbonyl (C=O) groups is 1. The molecule has 4 heterocycles. The molecule has 0 spiro atoms. The number of halogens is 2. The van der Waals surface area contributed by atoms with Gasteiger partial charge in [0.2, 0.25) is 0 Å². The topological polar surface area (TPSA) is 91.5 Å². The van der Waals surface area contributed by atoms with E-state index < -0.39 is 27.3 Å². The first-order valence-corrected chi connectivity index (χ1v) is 13.3. The van der Waals surface area contributed by atoms with E-state index in [0.717, 1.165) is 30.6 Å². The Morgan fingerprint density at radius 2 is 2.21 bits per heavy atom. The molecule has 2 aromatic heterocycles. The first-order valence-electron chi connectivity index (χ1n) is 11.1. The summed E-state index contributed by atoms with van der Waals surface area (Å²) in [6, 6.07) is 6.55. The number of carbonyl (C=O) groups excluding carboxylic acids is 1. The Morgan fingerprint density at radius 3 is 3.06 bits per heavy atom. The maximum absolute atomic E-state index is 14.5. The third-order valence-corrected chi connectivity index (χ3v) is 9.07. The van der Waals surface area contributed by atoms with Gasteiger partial charge in [-0.2, -0.15) is 0 Å². The molecular weight excluding hydrogens is 552 g/mol. The van der Waals surface area contributed by atoms with E-state index in [2.05, 4.69) is 30.8 Å². The Hall–Kier alpha value is -2.86. The quantitative estimate of drug-likeness (QED) is 0.243. The molecule has 0 aliphatic carbocycles. The summed E-state index contributed by atoms with van der Waals surface area (Å²) in [5.41, 5.74) is 3.95. The van der Waals surface area contributed by atoms with Gasteiger partial charge >= 0.3 is 208 Å². The van der Waals surface area contributed by atoms with Crippen molar-refractivity contribution in [3.63, 3.8) is 0 Å². The number of rotatable bonds is 3. The maximum atomic E-state index is 14.5. The summed E-state index contributed by atoms with van der Waals surface area (Å²) in [5, 5.41) is 6.37. The van der Waals surface area contributed by atoms with Gasteiger partial charge in [-0.25, -0.2) is 0 Å². The molecule has 1 amide bonds. The number of ether oxygens (including phenoxy) is 2. The van der Waals surface area contributed by atoms with Gasteiger partial charge in [0.1, 0.15) is 0 Å². The van der Waals surface area contributed by atoms with Crippen LogP contribution in [0.15, 0.2) is 36.7 Å². The van der Waals surface area contributed by atoms with Crippen LogP contribution in [-0.4, -0.2) is 52.8 Å². The fourth-order valence-electron chi connectivity index (χ4n) is 4.29. The van der Waals surface area contributed by atoms with Crippen LogP contribution in [0.3, 0.4) is 0 Å². The number of benzene rings is 1. The molecule has 0 radical (unpaired) electrons. The zero-order chi connectivity index (χ0) is 23.7. The van der Waals surface area contributed by atoms with Gasteiger partial charge in [-0.3, -0.25) is 0 Å². The molecule has 34 heavy (non-hydrogen) atoms. The molecule has 180 valence electrons. The SMILES string of the molecule is COc1c(F)cccc1Nc1c2[nH]c3c1C(=O)NC[C@H]3[I-]N(C)CCCCOc1cnccc1-2. The number of amides is 1. The minimum absolute atomic E-state index is 0.0870. The number of anilines is 2. The summed E-state index contributed by atoms with van der Waals surface area (Å²) in [7, 11) is 3.57. The molecule has 8 nitrogen and oxygen atoms in total. The van der Waals surface area contributed by atoms with Crippen molar-refractivity contribution in [3.8, 4) is 22.8 Å². The zero-order valence-corrected chi connectivity index (χ0v) is 21.1. The van der Waals surface area contributed by atoms with E-state index in [9.17, 15) is 9.18 Å². The van der Waals surface area contributed by atoms with Gasteiger partial charge in [0.25, 0.3) is 0 Å². The van der Waals surface area contributed by atoms with Crippen LogP contribution in [-0.2, 0) is 0 Å². The van der Waals surface area contributed by atoms with E-state index in [-0.39, 0.29) is 15.6 Å². The number of hydrogen-bond acceptors (Lipinski definition) is 6. The van der Waals surface area contributed by atoms with E-state index in [1.165, 1.54) is 13.2 Å². The Morgan fingerprint density at radius 1 is 1.32 bits per heavy atom. The predicted molar refractivity (Wildman–Crippen MR) is 123 cm³/mol. The van der Waals surface area contributed by atoms with E-state index in [4.69, 9.17) is 9.47 Å². The van der Waals surface area contributed by atoms with Gasteiger partial charge < -0.3 is 0 Å². The first kappa shape index (κ1) is 22.9. The minimum atomic E-state index is -0.483. The molecule has 1 aromatic carbocycles. The van der Waals surface area contributed by atoms with Crippen molar-refractivity contribution in [3.05, 3.63) is 53.7 Å². The number of nitrogens with one attached hydrogen (secondary N) is 3. The van der Waals surface area contributed by atoms with Crippen LogP contribution in [0.2, 0.25) is 0 Å². The standard InChI is InChI=1S/C24H26FIN5O3/c1-31-10-3-4-11-34-18-13-27-9-8-14(18)20-22(29-17-7-5-6-15(25)23(17)33-2)19-21(30-20)16(26-31)12-28-24(19)32/h5-9,13,16,29-30H,3-4,10-12H2,1-2H3,(H,28,32)/q-1/t16-/m1/s1. The van der Waals surface area contributed by atoms with E-state index in [1.807, 2.05) is 6.07 Å². The van der Waals surface area contributed by atoms with Crippen molar-refractivity contribution >= 4 is 17.3 Å². The van der Waals surface area contributed by atoms with Crippen LogP contribution >= 0.6 is 0 Å². The average Bonchev–Trinajstić information content (AvgIpc) is 3.21. The fourth-order valence-corrected chi connectivity index (χ4v) is 7.22. The van der Waals surface area contributed by atoms with E-state index in [1.54, 1.807) is 24.5 Å². The average molecular weight is 578 g/mol.